The first-order valence-corrected chi connectivity index (χ1v) is 9.87. The summed E-state index contributed by atoms with van der Waals surface area (Å²) in [5.74, 6) is 0.0171. The van der Waals surface area contributed by atoms with Gasteiger partial charge in [0.15, 0.2) is 6.61 Å². The largest absolute Gasteiger partial charge is 0.482 e. The molecule has 0 saturated carbocycles. The molecule has 0 heterocycles. The average molecular weight is 423 g/mol. The molecular weight excluding hydrogens is 400 g/mol. The standard InChI is InChI=1S/C24H23ClN2O3/c1-15-5-4-6-18(12-15)24(29)27-20-9-7-19(8-10-20)26-22(28)14-30-23-17(3)11-16(2)13-21(23)25/h4-13H,14H2,1-3H3,(H,26,28)(H,27,29). The van der Waals surface area contributed by atoms with Crippen LogP contribution in [0.15, 0.2) is 60.7 Å². The van der Waals surface area contributed by atoms with Crippen LogP contribution in [0.1, 0.15) is 27.0 Å². The molecule has 3 rings (SSSR count). The fourth-order valence-corrected chi connectivity index (χ4v) is 3.42. The van der Waals surface area contributed by atoms with E-state index in [1.807, 2.05) is 45.0 Å². The molecule has 0 aliphatic heterocycles. The molecule has 3 aromatic carbocycles. The van der Waals surface area contributed by atoms with Crippen LogP contribution in [0.5, 0.6) is 5.75 Å². The molecule has 0 fully saturated rings. The van der Waals surface area contributed by atoms with E-state index in [2.05, 4.69) is 10.6 Å². The smallest absolute Gasteiger partial charge is 0.262 e. The second kappa shape index (κ2) is 9.46. The van der Waals surface area contributed by atoms with Crippen molar-refractivity contribution in [3.8, 4) is 5.75 Å². The van der Waals surface area contributed by atoms with Gasteiger partial charge in [-0.25, -0.2) is 0 Å². The van der Waals surface area contributed by atoms with Gasteiger partial charge < -0.3 is 15.4 Å². The van der Waals surface area contributed by atoms with E-state index in [0.29, 0.717) is 27.7 Å². The summed E-state index contributed by atoms with van der Waals surface area (Å²) in [5.41, 5.74) is 4.76. The number of hydrogen-bond acceptors (Lipinski definition) is 3. The Balaban J connectivity index is 1.55. The fourth-order valence-electron chi connectivity index (χ4n) is 3.05. The third-order valence-electron chi connectivity index (χ3n) is 4.43. The van der Waals surface area contributed by atoms with Gasteiger partial charge in [-0.2, -0.15) is 0 Å². The maximum absolute atomic E-state index is 12.3. The van der Waals surface area contributed by atoms with Crippen molar-refractivity contribution < 1.29 is 14.3 Å². The molecule has 6 heteroatoms. The topological polar surface area (TPSA) is 67.4 Å². The summed E-state index contributed by atoms with van der Waals surface area (Å²) in [6, 6.07) is 18.0. The van der Waals surface area contributed by atoms with Crippen molar-refractivity contribution in [2.75, 3.05) is 17.2 Å². The van der Waals surface area contributed by atoms with E-state index in [9.17, 15) is 9.59 Å². The Morgan fingerprint density at radius 2 is 1.53 bits per heavy atom. The van der Waals surface area contributed by atoms with Gasteiger partial charge in [-0.3, -0.25) is 9.59 Å². The van der Waals surface area contributed by atoms with E-state index < -0.39 is 0 Å². The highest BCUT2D eigenvalue weighted by atomic mass is 35.5. The van der Waals surface area contributed by atoms with Crippen molar-refractivity contribution in [3.05, 3.63) is 87.9 Å². The summed E-state index contributed by atoms with van der Waals surface area (Å²) in [6.07, 6.45) is 0. The molecule has 2 amide bonds. The predicted molar refractivity (Wildman–Crippen MR) is 121 cm³/mol. The number of carbonyl (C=O) groups excluding carboxylic acids is 2. The molecule has 0 radical (unpaired) electrons. The normalized spacial score (nSPS) is 10.4. The van der Waals surface area contributed by atoms with Crippen LogP contribution in [-0.2, 0) is 4.79 Å². The Morgan fingerprint density at radius 1 is 0.867 bits per heavy atom. The maximum Gasteiger partial charge on any atom is 0.262 e. The molecule has 30 heavy (non-hydrogen) atoms. The number of halogens is 1. The lowest BCUT2D eigenvalue weighted by atomic mass is 10.1. The molecule has 0 aromatic heterocycles. The zero-order valence-electron chi connectivity index (χ0n) is 17.1. The summed E-state index contributed by atoms with van der Waals surface area (Å²) in [7, 11) is 0. The van der Waals surface area contributed by atoms with Gasteiger partial charge in [-0.1, -0.05) is 35.4 Å². The van der Waals surface area contributed by atoms with Crippen molar-refractivity contribution in [1.82, 2.24) is 0 Å². The lowest BCUT2D eigenvalue weighted by molar-refractivity contribution is -0.118. The second-order valence-electron chi connectivity index (χ2n) is 7.13. The van der Waals surface area contributed by atoms with Crippen LogP contribution < -0.4 is 15.4 Å². The Labute approximate surface area is 181 Å². The summed E-state index contributed by atoms with van der Waals surface area (Å²) < 4.78 is 5.59. The molecule has 0 spiro atoms. The van der Waals surface area contributed by atoms with E-state index in [1.54, 1.807) is 36.4 Å². The number of anilines is 2. The first-order valence-electron chi connectivity index (χ1n) is 9.49. The molecular formula is C24H23ClN2O3. The van der Waals surface area contributed by atoms with E-state index in [1.165, 1.54) is 0 Å². The fraction of sp³-hybridized carbons (Fsp3) is 0.167. The van der Waals surface area contributed by atoms with Crippen LogP contribution in [0.25, 0.3) is 0 Å². The average Bonchev–Trinajstić information content (AvgIpc) is 2.68. The van der Waals surface area contributed by atoms with E-state index in [0.717, 1.165) is 16.7 Å². The van der Waals surface area contributed by atoms with Gasteiger partial charge in [0.05, 0.1) is 5.02 Å². The number of nitrogens with one attached hydrogen (secondary N) is 2. The molecule has 0 saturated heterocycles. The molecule has 3 aromatic rings. The number of amides is 2. The van der Waals surface area contributed by atoms with Crippen molar-refractivity contribution in [2.24, 2.45) is 0 Å². The zero-order valence-corrected chi connectivity index (χ0v) is 17.8. The van der Waals surface area contributed by atoms with Gasteiger partial charge in [0.1, 0.15) is 5.75 Å². The number of aryl methyl sites for hydroxylation is 3. The Morgan fingerprint density at radius 3 is 2.17 bits per heavy atom. The van der Waals surface area contributed by atoms with Crippen molar-refractivity contribution in [3.63, 3.8) is 0 Å². The molecule has 154 valence electrons. The van der Waals surface area contributed by atoms with Crippen molar-refractivity contribution in [1.29, 1.82) is 0 Å². The minimum Gasteiger partial charge on any atom is -0.482 e. The van der Waals surface area contributed by atoms with Crippen LogP contribution in [0.2, 0.25) is 5.02 Å². The van der Waals surface area contributed by atoms with Gasteiger partial charge in [0.2, 0.25) is 0 Å². The van der Waals surface area contributed by atoms with Crippen molar-refractivity contribution >= 4 is 34.8 Å². The van der Waals surface area contributed by atoms with Crippen LogP contribution >= 0.6 is 11.6 Å². The number of benzene rings is 3. The summed E-state index contributed by atoms with van der Waals surface area (Å²) in [4.78, 5) is 24.5. The van der Waals surface area contributed by atoms with Gasteiger partial charge >= 0.3 is 0 Å². The first kappa shape index (κ1) is 21.4. The van der Waals surface area contributed by atoms with E-state index in [-0.39, 0.29) is 18.4 Å². The monoisotopic (exact) mass is 422 g/mol. The maximum atomic E-state index is 12.3. The third-order valence-corrected chi connectivity index (χ3v) is 4.71. The molecule has 0 atom stereocenters. The minimum absolute atomic E-state index is 0.157. The first-order chi connectivity index (χ1) is 14.3. The summed E-state index contributed by atoms with van der Waals surface area (Å²) in [5, 5.41) is 6.08. The molecule has 2 N–H and O–H groups in total. The molecule has 0 bridgehead atoms. The number of carbonyl (C=O) groups is 2. The van der Waals surface area contributed by atoms with E-state index >= 15 is 0 Å². The zero-order chi connectivity index (χ0) is 21.7. The van der Waals surface area contributed by atoms with Gasteiger partial charge in [-0.05, 0) is 74.4 Å². The van der Waals surface area contributed by atoms with Crippen molar-refractivity contribution in [2.45, 2.75) is 20.8 Å². The van der Waals surface area contributed by atoms with Crippen LogP contribution in [0, 0.1) is 20.8 Å². The Bertz CT molecular complexity index is 1060. The van der Waals surface area contributed by atoms with Gasteiger partial charge in [-0.15, -0.1) is 0 Å². The lowest BCUT2D eigenvalue weighted by Gasteiger charge is -2.12. The van der Waals surface area contributed by atoms with Crippen LogP contribution in [0.3, 0.4) is 0 Å². The van der Waals surface area contributed by atoms with Gasteiger partial charge in [0.25, 0.3) is 11.8 Å². The summed E-state index contributed by atoms with van der Waals surface area (Å²) >= 11 is 6.20. The molecule has 0 aliphatic rings. The second-order valence-corrected chi connectivity index (χ2v) is 7.54. The Hall–Kier alpha value is -3.31. The molecule has 0 aliphatic carbocycles. The molecule has 5 nitrogen and oxygen atoms in total. The molecule has 0 unspecified atom stereocenters. The highest BCUT2D eigenvalue weighted by molar-refractivity contribution is 6.32. The Kier molecular flexibility index (Phi) is 6.75. The number of ether oxygens (including phenoxy) is 1. The highest BCUT2D eigenvalue weighted by Crippen LogP contribution is 2.29. The lowest BCUT2D eigenvalue weighted by Crippen LogP contribution is -2.20. The van der Waals surface area contributed by atoms with Crippen LogP contribution in [-0.4, -0.2) is 18.4 Å². The quantitative estimate of drug-likeness (QED) is 0.548. The van der Waals surface area contributed by atoms with Crippen LogP contribution in [0.4, 0.5) is 11.4 Å². The number of hydrogen-bond donors (Lipinski definition) is 2. The minimum atomic E-state index is -0.303. The summed E-state index contributed by atoms with van der Waals surface area (Å²) in [6.45, 7) is 5.61. The predicted octanol–water partition coefficient (Wildman–Crippen LogP) is 5.54. The van der Waals surface area contributed by atoms with Gasteiger partial charge in [0, 0.05) is 16.9 Å². The van der Waals surface area contributed by atoms with E-state index in [4.69, 9.17) is 16.3 Å². The SMILES string of the molecule is Cc1cccc(C(=O)Nc2ccc(NC(=O)COc3c(C)cc(C)cc3Cl)cc2)c1. The number of rotatable bonds is 6. The highest BCUT2D eigenvalue weighted by Gasteiger charge is 2.10. The third kappa shape index (κ3) is 5.61.